The lowest BCUT2D eigenvalue weighted by Gasteiger charge is -2.23. The lowest BCUT2D eigenvalue weighted by molar-refractivity contribution is -0.131. The zero-order valence-corrected chi connectivity index (χ0v) is 10.4. The molecule has 0 unspecified atom stereocenters. The van der Waals surface area contributed by atoms with Crippen LogP contribution in [-0.2, 0) is 4.79 Å². The van der Waals surface area contributed by atoms with Crippen molar-refractivity contribution in [3.05, 3.63) is 23.8 Å². The predicted octanol–water partition coefficient (Wildman–Crippen LogP) is 2.77. The van der Waals surface area contributed by atoms with Crippen LogP contribution in [0.3, 0.4) is 0 Å². The van der Waals surface area contributed by atoms with Crippen molar-refractivity contribution < 1.29 is 9.53 Å². The van der Waals surface area contributed by atoms with Gasteiger partial charge in [0.1, 0.15) is 5.75 Å². The van der Waals surface area contributed by atoms with E-state index < -0.39 is 0 Å². The Balaban J connectivity index is 3.02. The van der Waals surface area contributed by atoms with Gasteiger partial charge in [-0.05, 0) is 32.4 Å². The molecule has 0 saturated heterocycles. The van der Waals surface area contributed by atoms with Gasteiger partial charge in [-0.1, -0.05) is 6.07 Å². The number of rotatable bonds is 4. The van der Waals surface area contributed by atoms with Crippen molar-refractivity contribution >= 4 is 11.7 Å². The average Bonchev–Trinajstić information content (AvgIpc) is 2.23. The van der Waals surface area contributed by atoms with Gasteiger partial charge in [-0.3, -0.25) is 4.79 Å². The number of carbonyl (C=O) groups excluding carboxylic acids is 1. The quantitative estimate of drug-likeness (QED) is 0.578. The third-order valence-corrected chi connectivity index (χ3v) is 2.55. The molecule has 0 spiro atoms. The molecule has 0 atom stereocenters. The highest BCUT2D eigenvalue weighted by molar-refractivity contribution is 5.70. The fourth-order valence-electron chi connectivity index (χ4n) is 1.72. The summed E-state index contributed by atoms with van der Waals surface area (Å²) in [5, 5.41) is 0. The monoisotopic (exact) mass is 221 g/mol. The first kappa shape index (κ1) is 12.6. The number of hydrogen-bond donors (Lipinski definition) is 0. The second-order valence-corrected chi connectivity index (χ2v) is 3.71. The molecule has 0 aliphatic rings. The van der Waals surface area contributed by atoms with E-state index in [9.17, 15) is 4.79 Å². The summed E-state index contributed by atoms with van der Waals surface area (Å²) in [4.78, 5) is 13.1. The second kappa shape index (κ2) is 5.54. The van der Waals surface area contributed by atoms with E-state index in [1.807, 2.05) is 18.2 Å². The van der Waals surface area contributed by atoms with Crippen LogP contribution in [0.4, 0.5) is 5.69 Å². The van der Waals surface area contributed by atoms with Gasteiger partial charge in [-0.2, -0.15) is 0 Å². The van der Waals surface area contributed by atoms with Crippen LogP contribution in [0.25, 0.3) is 0 Å². The Morgan fingerprint density at radius 2 is 1.94 bits per heavy atom. The van der Waals surface area contributed by atoms with Crippen molar-refractivity contribution in [2.75, 3.05) is 18.0 Å². The van der Waals surface area contributed by atoms with Crippen LogP contribution in [0.2, 0.25) is 0 Å². The molecule has 3 heteroatoms. The maximum atomic E-state index is 10.9. The van der Waals surface area contributed by atoms with E-state index in [2.05, 4.69) is 25.7 Å². The summed E-state index contributed by atoms with van der Waals surface area (Å²) in [6.07, 6.45) is 0. The zero-order chi connectivity index (χ0) is 12.1. The van der Waals surface area contributed by atoms with Crippen molar-refractivity contribution in [3.63, 3.8) is 0 Å². The number of ether oxygens (including phenoxy) is 1. The first-order valence-electron chi connectivity index (χ1n) is 5.62. The molecule has 0 amide bonds. The fraction of sp³-hybridized carbons (Fsp3) is 0.462. The number of carbonyl (C=O) groups is 1. The molecule has 0 aliphatic heterocycles. The Kier molecular flexibility index (Phi) is 4.35. The molecule has 1 aromatic carbocycles. The number of anilines is 1. The minimum Gasteiger partial charge on any atom is -0.427 e. The van der Waals surface area contributed by atoms with E-state index in [-0.39, 0.29) is 5.97 Å². The Bertz CT molecular complexity index is 370. The minimum absolute atomic E-state index is 0.283. The van der Waals surface area contributed by atoms with E-state index in [0.29, 0.717) is 5.75 Å². The molecule has 0 aliphatic carbocycles. The Hall–Kier alpha value is -1.51. The average molecular weight is 221 g/mol. The highest BCUT2D eigenvalue weighted by Gasteiger charge is 2.08. The summed E-state index contributed by atoms with van der Waals surface area (Å²) in [6.45, 7) is 9.59. The summed E-state index contributed by atoms with van der Waals surface area (Å²) < 4.78 is 5.08. The smallest absolute Gasteiger partial charge is 0.308 e. The van der Waals surface area contributed by atoms with Gasteiger partial charge in [0.15, 0.2) is 0 Å². The standard InChI is InChI=1S/C13H19NO2/c1-5-14(6-2)13-9-12(16-11(4)15)8-7-10(13)3/h7-9H,5-6H2,1-4H3. The van der Waals surface area contributed by atoms with Crippen LogP contribution in [0.5, 0.6) is 5.75 Å². The van der Waals surface area contributed by atoms with E-state index in [0.717, 1.165) is 18.8 Å². The SMILES string of the molecule is CCN(CC)c1cc(OC(C)=O)ccc1C. The van der Waals surface area contributed by atoms with Crippen LogP contribution < -0.4 is 9.64 Å². The van der Waals surface area contributed by atoms with Gasteiger partial charge in [0, 0.05) is 31.8 Å². The highest BCUT2D eigenvalue weighted by Crippen LogP contribution is 2.25. The topological polar surface area (TPSA) is 29.5 Å². The summed E-state index contributed by atoms with van der Waals surface area (Å²) in [7, 11) is 0. The molecule has 1 rings (SSSR count). The molecular formula is C13H19NO2. The normalized spacial score (nSPS) is 10.0. The minimum atomic E-state index is -0.283. The van der Waals surface area contributed by atoms with Crippen LogP contribution in [0.15, 0.2) is 18.2 Å². The number of aryl methyl sites for hydroxylation is 1. The van der Waals surface area contributed by atoms with Gasteiger partial charge >= 0.3 is 5.97 Å². The van der Waals surface area contributed by atoms with Gasteiger partial charge in [0.25, 0.3) is 0 Å². The Morgan fingerprint density at radius 3 is 2.44 bits per heavy atom. The largest absolute Gasteiger partial charge is 0.427 e. The highest BCUT2D eigenvalue weighted by atomic mass is 16.5. The van der Waals surface area contributed by atoms with Crippen molar-refractivity contribution in [1.82, 2.24) is 0 Å². The van der Waals surface area contributed by atoms with Crippen LogP contribution >= 0.6 is 0 Å². The van der Waals surface area contributed by atoms with Crippen molar-refractivity contribution in [1.29, 1.82) is 0 Å². The summed E-state index contributed by atoms with van der Waals surface area (Å²) in [6, 6.07) is 5.72. The molecule has 0 fully saturated rings. The van der Waals surface area contributed by atoms with Gasteiger partial charge in [-0.25, -0.2) is 0 Å². The number of hydrogen-bond acceptors (Lipinski definition) is 3. The molecule has 0 N–H and O–H groups in total. The number of esters is 1. The first-order chi connectivity index (χ1) is 7.58. The zero-order valence-electron chi connectivity index (χ0n) is 10.4. The molecule has 0 heterocycles. The van der Waals surface area contributed by atoms with E-state index >= 15 is 0 Å². The van der Waals surface area contributed by atoms with E-state index in [4.69, 9.17) is 4.74 Å². The van der Waals surface area contributed by atoms with Crippen LogP contribution in [0, 0.1) is 6.92 Å². The van der Waals surface area contributed by atoms with Crippen molar-refractivity contribution in [3.8, 4) is 5.75 Å². The molecule has 0 bridgehead atoms. The van der Waals surface area contributed by atoms with Gasteiger partial charge in [0.05, 0.1) is 0 Å². The van der Waals surface area contributed by atoms with Gasteiger partial charge < -0.3 is 9.64 Å². The Morgan fingerprint density at radius 1 is 1.31 bits per heavy atom. The van der Waals surface area contributed by atoms with Gasteiger partial charge in [0.2, 0.25) is 0 Å². The summed E-state index contributed by atoms with van der Waals surface area (Å²) >= 11 is 0. The number of benzene rings is 1. The van der Waals surface area contributed by atoms with Crippen molar-refractivity contribution in [2.45, 2.75) is 27.7 Å². The van der Waals surface area contributed by atoms with Crippen LogP contribution in [-0.4, -0.2) is 19.1 Å². The van der Waals surface area contributed by atoms with E-state index in [1.54, 1.807) is 0 Å². The van der Waals surface area contributed by atoms with Crippen molar-refractivity contribution in [2.24, 2.45) is 0 Å². The summed E-state index contributed by atoms with van der Waals surface area (Å²) in [5.41, 5.74) is 2.32. The third kappa shape index (κ3) is 2.99. The fourth-order valence-corrected chi connectivity index (χ4v) is 1.72. The maximum absolute atomic E-state index is 10.9. The number of nitrogens with zero attached hydrogens (tertiary/aromatic N) is 1. The van der Waals surface area contributed by atoms with E-state index in [1.165, 1.54) is 12.5 Å². The third-order valence-electron chi connectivity index (χ3n) is 2.55. The predicted molar refractivity (Wildman–Crippen MR) is 66.0 cm³/mol. The molecule has 0 aromatic heterocycles. The molecule has 3 nitrogen and oxygen atoms in total. The molecule has 0 radical (unpaired) electrons. The lowest BCUT2D eigenvalue weighted by Crippen LogP contribution is -2.22. The molecular weight excluding hydrogens is 202 g/mol. The second-order valence-electron chi connectivity index (χ2n) is 3.71. The molecule has 0 saturated carbocycles. The summed E-state index contributed by atoms with van der Waals surface area (Å²) in [5.74, 6) is 0.328. The Labute approximate surface area is 97.0 Å². The lowest BCUT2D eigenvalue weighted by atomic mass is 10.1. The molecule has 16 heavy (non-hydrogen) atoms. The molecule has 88 valence electrons. The van der Waals surface area contributed by atoms with Gasteiger partial charge in [-0.15, -0.1) is 0 Å². The maximum Gasteiger partial charge on any atom is 0.308 e. The molecule has 1 aromatic rings. The first-order valence-corrected chi connectivity index (χ1v) is 5.62. The van der Waals surface area contributed by atoms with Crippen LogP contribution in [0.1, 0.15) is 26.3 Å².